The second-order valence-electron chi connectivity index (χ2n) is 10.2. The number of likely N-dealkylation sites (tertiary alicyclic amines) is 1. The molecule has 39 heavy (non-hydrogen) atoms. The molecular weight excluding hydrogens is 508 g/mol. The van der Waals surface area contributed by atoms with Crippen molar-refractivity contribution in [2.75, 3.05) is 6.54 Å². The number of aromatic amines is 1. The number of hydrogen-bond donors (Lipinski definition) is 3. The Kier molecular flexibility index (Phi) is 6.38. The predicted octanol–water partition coefficient (Wildman–Crippen LogP) is 4.48. The lowest BCUT2D eigenvalue weighted by Crippen LogP contribution is -2.49. The maximum Gasteiger partial charge on any atom is 0.407 e. The molecule has 11 heteroatoms. The minimum atomic E-state index is -1.16. The first-order valence-corrected chi connectivity index (χ1v) is 13.0. The van der Waals surface area contributed by atoms with Crippen LogP contribution >= 0.6 is 0 Å². The fourth-order valence-corrected chi connectivity index (χ4v) is 6.52. The first-order chi connectivity index (χ1) is 18.8. The maximum absolute atomic E-state index is 14.8. The number of carboxylic acid groups (broad SMARTS) is 1. The van der Waals surface area contributed by atoms with Crippen LogP contribution in [0.1, 0.15) is 66.5 Å². The number of aromatic nitrogens is 4. The number of nitrogens with zero attached hydrogens (tertiary/aromatic N) is 4. The molecule has 3 unspecified atom stereocenters. The Bertz CT molecular complexity index is 1600. The highest BCUT2D eigenvalue weighted by Crippen LogP contribution is 2.47. The monoisotopic (exact) mass is 535 g/mol. The lowest BCUT2D eigenvalue weighted by molar-refractivity contribution is 0.0776. The van der Waals surface area contributed by atoms with E-state index in [1.807, 2.05) is 0 Å². The fourth-order valence-electron chi connectivity index (χ4n) is 6.52. The predicted molar refractivity (Wildman–Crippen MR) is 137 cm³/mol. The van der Waals surface area contributed by atoms with Crippen molar-refractivity contribution < 1.29 is 23.8 Å². The van der Waals surface area contributed by atoms with Crippen molar-refractivity contribution in [1.82, 2.24) is 24.4 Å². The van der Waals surface area contributed by atoms with E-state index in [0.29, 0.717) is 41.7 Å². The Morgan fingerprint density at radius 2 is 1.72 bits per heavy atom. The van der Waals surface area contributed by atoms with E-state index < -0.39 is 41.7 Å². The average molecular weight is 536 g/mol. The lowest BCUT2D eigenvalue weighted by atomic mass is 9.82. The summed E-state index contributed by atoms with van der Waals surface area (Å²) in [6.45, 7) is 0.202. The zero-order valence-electron chi connectivity index (χ0n) is 20.9. The van der Waals surface area contributed by atoms with Crippen LogP contribution in [-0.2, 0) is 0 Å². The molecule has 1 fully saturated rings. The Balaban J connectivity index is 1.41. The molecular formula is C28H27F2N5O4. The largest absolute Gasteiger partial charge is 0.465 e. The van der Waals surface area contributed by atoms with Crippen LogP contribution < -0.4 is 5.69 Å². The van der Waals surface area contributed by atoms with Gasteiger partial charge in [-0.25, -0.2) is 23.4 Å². The molecule has 1 amide bonds. The number of piperidine rings is 1. The second kappa shape index (κ2) is 9.88. The van der Waals surface area contributed by atoms with Crippen LogP contribution in [-0.4, -0.2) is 53.3 Å². The molecule has 4 aromatic rings. The SMILES string of the molecule is O=C(O)N1CCC(n2c(=O)[nH]c3ncccc32)CC1[C@H]1CC[C@@H](c2cccc(F)c2F)C(O)c2cccnc21. The molecule has 0 bridgehead atoms. The number of hydrogen-bond acceptors (Lipinski definition) is 5. The number of imidazole rings is 1. The zero-order valence-corrected chi connectivity index (χ0v) is 20.9. The molecule has 1 saturated heterocycles. The summed E-state index contributed by atoms with van der Waals surface area (Å²) in [5.74, 6) is -3.16. The Morgan fingerprint density at radius 1 is 0.974 bits per heavy atom. The van der Waals surface area contributed by atoms with E-state index in [1.54, 1.807) is 41.2 Å². The van der Waals surface area contributed by atoms with E-state index in [-0.39, 0.29) is 30.3 Å². The number of amides is 1. The normalized spacial score (nSPS) is 25.3. The summed E-state index contributed by atoms with van der Waals surface area (Å²) >= 11 is 0. The van der Waals surface area contributed by atoms with Crippen LogP contribution in [0.5, 0.6) is 0 Å². The van der Waals surface area contributed by atoms with Crippen LogP contribution in [0, 0.1) is 11.6 Å². The van der Waals surface area contributed by atoms with Crippen LogP contribution in [0.15, 0.2) is 59.7 Å². The van der Waals surface area contributed by atoms with Gasteiger partial charge in [-0.2, -0.15) is 0 Å². The van der Waals surface area contributed by atoms with Gasteiger partial charge in [0.25, 0.3) is 0 Å². The molecule has 0 radical (unpaired) electrons. The highest BCUT2D eigenvalue weighted by molar-refractivity contribution is 5.70. The van der Waals surface area contributed by atoms with Gasteiger partial charge in [0.15, 0.2) is 17.3 Å². The number of fused-ring (bicyclic) bond motifs is 2. The van der Waals surface area contributed by atoms with Crippen molar-refractivity contribution in [3.8, 4) is 0 Å². The van der Waals surface area contributed by atoms with Crippen LogP contribution in [0.3, 0.4) is 0 Å². The minimum Gasteiger partial charge on any atom is -0.465 e. The number of pyridine rings is 2. The van der Waals surface area contributed by atoms with Gasteiger partial charge in [-0.05, 0) is 55.5 Å². The number of carbonyl (C=O) groups is 1. The third-order valence-corrected chi connectivity index (χ3v) is 8.27. The van der Waals surface area contributed by atoms with Crippen LogP contribution in [0.25, 0.3) is 11.2 Å². The highest BCUT2D eigenvalue weighted by Gasteiger charge is 2.43. The van der Waals surface area contributed by atoms with Gasteiger partial charge in [0.05, 0.1) is 17.3 Å². The molecule has 0 spiro atoms. The van der Waals surface area contributed by atoms with E-state index in [1.165, 1.54) is 17.0 Å². The molecule has 3 N–H and O–H groups in total. The molecule has 9 nitrogen and oxygen atoms in total. The number of benzene rings is 1. The van der Waals surface area contributed by atoms with Crippen molar-refractivity contribution in [2.45, 2.75) is 55.7 Å². The summed E-state index contributed by atoms with van der Waals surface area (Å²) in [6, 6.07) is 9.98. The Morgan fingerprint density at radius 3 is 2.54 bits per heavy atom. The number of rotatable bonds is 3. The molecule has 5 atom stereocenters. The van der Waals surface area contributed by atoms with Crippen LogP contribution in [0.4, 0.5) is 13.6 Å². The molecule has 1 aliphatic heterocycles. The standard InChI is InChI=1S/C28H27F2N5O4/c29-20-6-1-4-16(23(20)30)17-8-9-18(24-19(25(17)36)5-2-11-31-24)22-14-15(10-13-34(22)28(38)39)35-21-7-3-12-32-26(21)33-27(35)37/h1-7,11-12,15,17-18,22,25,36H,8-10,13-14H2,(H,38,39)(H,32,33,37)/t15?,17-,18+,22?,25?/m0/s1. The molecule has 0 saturated carbocycles. The lowest BCUT2D eigenvalue weighted by Gasteiger charge is -2.42. The number of nitrogens with one attached hydrogen (secondary N) is 1. The second-order valence-corrected chi connectivity index (χ2v) is 10.2. The first-order valence-electron chi connectivity index (χ1n) is 13.0. The highest BCUT2D eigenvalue weighted by atomic mass is 19.2. The minimum absolute atomic E-state index is 0.0763. The van der Waals surface area contributed by atoms with Gasteiger partial charge in [-0.15, -0.1) is 0 Å². The van der Waals surface area contributed by atoms with Crippen molar-refractivity contribution >= 4 is 17.3 Å². The summed E-state index contributed by atoms with van der Waals surface area (Å²) in [5, 5.41) is 21.5. The molecule has 202 valence electrons. The van der Waals surface area contributed by atoms with Gasteiger partial charge < -0.3 is 15.1 Å². The molecule has 3 aromatic heterocycles. The van der Waals surface area contributed by atoms with E-state index in [0.717, 1.165) is 6.07 Å². The quantitative estimate of drug-likeness (QED) is 0.333. The van der Waals surface area contributed by atoms with Gasteiger partial charge in [-0.1, -0.05) is 18.2 Å². The van der Waals surface area contributed by atoms with Gasteiger partial charge >= 0.3 is 11.8 Å². The summed E-state index contributed by atoms with van der Waals surface area (Å²) in [5.41, 5.74) is 1.87. The number of aliphatic hydroxyl groups is 1. The molecule has 1 aromatic carbocycles. The van der Waals surface area contributed by atoms with Crippen molar-refractivity contribution in [3.05, 3.63) is 93.8 Å². The third-order valence-electron chi connectivity index (χ3n) is 8.27. The van der Waals surface area contributed by atoms with Crippen molar-refractivity contribution in [3.63, 3.8) is 0 Å². The van der Waals surface area contributed by atoms with Gasteiger partial charge in [-0.3, -0.25) is 14.5 Å². The molecule has 2 aliphatic rings. The average Bonchev–Trinajstić information content (AvgIpc) is 3.20. The van der Waals surface area contributed by atoms with E-state index in [9.17, 15) is 28.6 Å². The summed E-state index contributed by atoms with van der Waals surface area (Å²) in [4.78, 5) is 38.3. The van der Waals surface area contributed by atoms with Gasteiger partial charge in [0.1, 0.15) is 0 Å². The van der Waals surface area contributed by atoms with E-state index in [4.69, 9.17) is 0 Å². The summed E-state index contributed by atoms with van der Waals surface area (Å²) < 4.78 is 30.6. The molecule has 4 heterocycles. The molecule has 1 aliphatic carbocycles. The third kappa shape index (κ3) is 4.26. The van der Waals surface area contributed by atoms with Crippen LogP contribution in [0.2, 0.25) is 0 Å². The van der Waals surface area contributed by atoms with E-state index >= 15 is 0 Å². The zero-order chi connectivity index (χ0) is 27.3. The summed E-state index contributed by atoms with van der Waals surface area (Å²) in [7, 11) is 0. The number of H-pyrrole nitrogens is 1. The first kappa shape index (κ1) is 25.2. The number of aliphatic hydroxyl groups excluding tert-OH is 1. The maximum atomic E-state index is 14.8. The van der Waals surface area contributed by atoms with Crippen molar-refractivity contribution in [1.29, 1.82) is 0 Å². The summed E-state index contributed by atoms with van der Waals surface area (Å²) in [6.07, 6.45) is 2.38. The molecule has 6 rings (SSSR count). The topological polar surface area (TPSA) is 124 Å². The Hall–Kier alpha value is -4.12. The van der Waals surface area contributed by atoms with Gasteiger partial charge in [0, 0.05) is 48.4 Å². The van der Waals surface area contributed by atoms with E-state index in [2.05, 4.69) is 15.0 Å². The smallest absolute Gasteiger partial charge is 0.407 e. The van der Waals surface area contributed by atoms with Gasteiger partial charge in [0.2, 0.25) is 0 Å². The number of halogens is 2. The Labute approximate surface area is 221 Å². The fraction of sp³-hybridized carbons (Fsp3) is 0.357. The van der Waals surface area contributed by atoms with Crippen molar-refractivity contribution in [2.24, 2.45) is 0 Å².